The molecule has 0 saturated carbocycles. The molecule has 0 aromatic heterocycles. The van der Waals surface area contributed by atoms with Crippen molar-refractivity contribution in [3.05, 3.63) is 0 Å². The van der Waals surface area contributed by atoms with E-state index in [1.807, 2.05) is 6.92 Å². The lowest BCUT2D eigenvalue weighted by atomic mass is 10.0. The topological polar surface area (TPSA) is 52.7 Å². The van der Waals surface area contributed by atoms with Crippen LogP contribution in [0.5, 0.6) is 0 Å². The average Bonchev–Trinajstić information content (AvgIpc) is 2.30. The van der Waals surface area contributed by atoms with Crippen LogP contribution in [0.1, 0.15) is 26.7 Å². The molecule has 0 aromatic carbocycles. The van der Waals surface area contributed by atoms with Gasteiger partial charge in [-0.15, -0.1) is 0 Å². The molecule has 1 atom stereocenters. The van der Waals surface area contributed by atoms with Gasteiger partial charge < -0.3 is 20.6 Å². The van der Waals surface area contributed by atoms with Crippen molar-refractivity contribution in [2.24, 2.45) is 5.73 Å². The summed E-state index contributed by atoms with van der Waals surface area (Å²) in [6.07, 6.45) is 1.84. The Bertz CT molecular complexity index is 189. The maximum Gasteiger partial charge on any atom is 0.0741 e. The highest BCUT2D eigenvalue weighted by atomic mass is 16.3. The number of hydrogen-bond donors (Lipinski definition) is 2. The summed E-state index contributed by atoms with van der Waals surface area (Å²) < 4.78 is 0. The van der Waals surface area contributed by atoms with E-state index in [-0.39, 0.29) is 0 Å². The standard InChI is InChI=1S/C12H27N3O/c1-3-14-7-9-15(10-8-14)6-4-5-12(2,16)11-13/h16H,3-11,13H2,1-2H3. The van der Waals surface area contributed by atoms with E-state index < -0.39 is 5.60 Å². The largest absolute Gasteiger partial charge is 0.389 e. The van der Waals surface area contributed by atoms with Gasteiger partial charge in [-0.25, -0.2) is 0 Å². The summed E-state index contributed by atoms with van der Waals surface area (Å²) in [6.45, 7) is 11.3. The number of piperazine rings is 1. The van der Waals surface area contributed by atoms with E-state index in [1.165, 1.54) is 26.2 Å². The van der Waals surface area contributed by atoms with Crippen LogP contribution in [0.4, 0.5) is 0 Å². The van der Waals surface area contributed by atoms with Crippen LogP contribution >= 0.6 is 0 Å². The molecule has 0 amide bonds. The number of hydrogen-bond acceptors (Lipinski definition) is 4. The Hall–Kier alpha value is -0.160. The van der Waals surface area contributed by atoms with E-state index in [4.69, 9.17) is 5.73 Å². The summed E-state index contributed by atoms with van der Waals surface area (Å²) in [5, 5.41) is 9.78. The normalized spacial score (nSPS) is 23.2. The van der Waals surface area contributed by atoms with Crippen molar-refractivity contribution in [2.75, 3.05) is 45.8 Å². The van der Waals surface area contributed by atoms with Crippen LogP contribution < -0.4 is 5.73 Å². The molecular formula is C12H27N3O. The van der Waals surface area contributed by atoms with Crippen molar-refractivity contribution in [1.29, 1.82) is 0 Å². The van der Waals surface area contributed by atoms with E-state index in [9.17, 15) is 5.11 Å². The third-order valence-electron chi connectivity index (χ3n) is 3.54. The van der Waals surface area contributed by atoms with Gasteiger partial charge in [0.15, 0.2) is 0 Å². The zero-order valence-electron chi connectivity index (χ0n) is 10.8. The van der Waals surface area contributed by atoms with Gasteiger partial charge in [0.05, 0.1) is 5.60 Å². The maximum absolute atomic E-state index is 9.78. The van der Waals surface area contributed by atoms with Crippen molar-refractivity contribution in [3.8, 4) is 0 Å². The Morgan fingerprint density at radius 1 is 1.19 bits per heavy atom. The number of rotatable bonds is 6. The second kappa shape index (κ2) is 6.55. The molecule has 1 rings (SSSR count). The molecule has 4 nitrogen and oxygen atoms in total. The summed E-state index contributed by atoms with van der Waals surface area (Å²) >= 11 is 0. The van der Waals surface area contributed by atoms with Crippen LogP contribution in [0.15, 0.2) is 0 Å². The fraction of sp³-hybridized carbons (Fsp3) is 1.00. The highest BCUT2D eigenvalue weighted by Gasteiger charge is 2.19. The Balaban J connectivity index is 2.11. The quantitative estimate of drug-likeness (QED) is 0.679. The fourth-order valence-corrected chi connectivity index (χ4v) is 2.11. The Morgan fingerprint density at radius 2 is 1.75 bits per heavy atom. The van der Waals surface area contributed by atoms with E-state index in [0.29, 0.717) is 6.54 Å². The van der Waals surface area contributed by atoms with Crippen LogP contribution in [0, 0.1) is 0 Å². The summed E-state index contributed by atoms with van der Waals surface area (Å²) in [6, 6.07) is 0. The molecule has 1 saturated heterocycles. The highest BCUT2D eigenvalue weighted by molar-refractivity contribution is 4.75. The maximum atomic E-state index is 9.78. The second-order valence-corrected chi connectivity index (χ2v) is 5.08. The average molecular weight is 229 g/mol. The predicted octanol–water partition coefficient (Wildman–Crippen LogP) is 0.114. The van der Waals surface area contributed by atoms with Crippen molar-refractivity contribution >= 4 is 0 Å². The first-order valence-electron chi connectivity index (χ1n) is 6.44. The zero-order chi connectivity index (χ0) is 12.0. The van der Waals surface area contributed by atoms with Gasteiger partial charge in [-0.1, -0.05) is 6.92 Å². The zero-order valence-corrected chi connectivity index (χ0v) is 10.8. The fourth-order valence-electron chi connectivity index (χ4n) is 2.11. The summed E-state index contributed by atoms with van der Waals surface area (Å²) in [5.41, 5.74) is 4.82. The molecule has 16 heavy (non-hydrogen) atoms. The number of nitrogens with zero attached hydrogens (tertiary/aromatic N) is 2. The molecule has 96 valence electrons. The van der Waals surface area contributed by atoms with Gasteiger partial charge in [-0.2, -0.15) is 0 Å². The van der Waals surface area contributed by atoms with E-state index >= 15 is 0 Å². The number of aliphatic hydroxyl groups is 1. The lowest BCUT2D eigenvalue weighted by Crippen LogP contribution is -2.46. The minimum Gasteiger partial charge on any atom is -0.389 e. The SMILES string of the molecule is CCN1CCN(CCCC(C)(O)CN)CC1. The lowest BCUT2D eigenvalue weighted by Gasteiger charge is -2.34. The van der Waals surface area contributed by atoms with Gasteiger partial charge in [-0.3, -0.25) is 0 Å². The van der Waals surface area contributed by atoms with Gasteiger partial charge >= 0.3 is 0 Å². The summed E-state index contributed by atoms with van der Waals surface area (Å²) in [4.78, 5) is 4.96. The van der Waals surface area contributed by atoms with Crippen molar-refractivity contribution in [3.63, 3.8) is 0 Å². The first kappa shape index (κ1) is 13.9. The molecular weight excluding hydrogens is 202 g/mol. The molecule has 1 aliphatic heterocycles. The molecule has 1 aliphatic rings. The van der Waals surface area contributed by atoms with Crippen molar-refractivity contribution in [2.45, 2.75) is 32.3 Å². The monoisotopic (exact) mass is 229 g/mol. The van der Waals surface area contributed by atoms with Crippen LogP contribution in [-0.4, -0.2) is 66.3 Å². The van der Waals surface area contributed by atoms with Gasteiger partial charge in [0.25, 0.3) is 0 Å². The van der Waals surface area contributed by atoms with Crippen molar-refractivity contribution in [1.82, 2.24) is 9.80 Å². The van der Waals surface area contributed by atoms with Crippen molar-refractivity contribution < 1.29 is 5.11 Å². The van der Waals surface area contributed by atoms with E-state index in [0.717, 1.165) is 25.9 Å². The molecule has 0 aliphatic carbocycles. The van der Waals surface area contributed by atoms with Gasteiger partial charge in [0.2, 0.25) is 0 Å². The van der Waals surface area contributed by atoms with Crippen LogP contribution in [0.3, 0.4) is 0 Å². The molecule has 3 N–H and O–H groups in total. The van der Waals surface area contributed by atoms with Crippen LogP contribution in [0.2, 0.25) is 0 Å². The predicted molar refractivity (Wildman–Crippen MR) is 67.5 cm³/mol. The summed E-state index contributed by atoms with van der Waals surface area (Å²) in [7, 11) is 0. The Kier molecular flexibility index (Phi) is 5.69. The van der Waals surface area contributed by atoms with Gasteiger partial charge in [-0.05, 0) is 32.9 Å². The third-order valence-corrected chi connectivity index (χ3v) is 3.54. The molecule has 0 spiro atoms. The second-order valence-electron chi connectivity index (χ2n) is 5.08. The molecule has 0 radical (unpaired) electrons. The summed E-state index contributed by atoms with van der Waals surface area (Å²) in [5.74, 6) is 0. The van der Waals surface area contributed by atoms with Gasteiger partial charge in [0, 0.05) is 32.7 Å². The molecule has 1 unspecified atom stereocenters. The number of likely N-dealkylation sites (N-methyl/N-ethyl adjacent to an activating group) is 1. The first-order valence-corrected chi connectivity index (χ1v) is 6.44. The van der Waals surface area contributed by atoms with Crippen LogP contribution in [-0.2, 0) is 0 Å². The lowest BCUT2D eigenvalue weighted by molar-refractivity contribution is 0.0514. The first-order chi connectivity index (χ1) is 7.57. The molecule has 1 fully saturated rings. The molecule has 1 heterocycles. The number of nitrogens with two attached hydrogens (primary N) is 1. The Morgan fingerprint density at radius 3 is 2.25 bits per heavy atom. The highest BCUT2D eigenvalue weighted by Crippen LogP contribution is 2.11. The molecule has 0 bridgehead atoms. The van der Waals surface area contributed by atoms with E-state index in [2.05, 4.69) is 16.7 Å². The molecule has 0 aromatic rings. The molecule has 4 heteroatoms. The third kappa shape index (κ3) is 4.78. The van der Waals surface area contributed by atoms with Gasteiger partial charge in [0.1, 0.15) is 0 Å². The smallest absolute Gasteiger partial charge is 0.0741 e. The minimum atomic E-state index is -0.675. The van der Waals surface area contributed by atoms with Crippen LogP contribution in [0.25, 0.3) is 0 Å². The van der Waals surface area contributed by atoms with E-state index in [1.54, 1.807) is 0 Å². The Labute approximate surface area is 99.4 Å². The minimum absolute atomic E-state index is 0.358.